The Hall–Kier alpha value is 0.803. The summed E-state index contributed by atoms with van der Waals surface area (Å²) in [5.74, 6) is 0. The quantitative estimate of drug-likeness (QED) is 0.376. The summed E-state index contributed by atoms with van der Waals surface area (Å²) >= 11 is 1.59. The largest absolute Gasteiger partial charge is 2.00 e. The molecule has 0 aliphatic heterocycles. The third-order valence-corrected chi connectivity index (χ3v) is 0.944. The molecule has 0 saturated heterocycles. The van der Waals surface area contributed by atoms with Crippen molar-refractivity contribution in [2.24, 2.45) is 0 Å². The first-order valence-electron chi connectivity index (χ1n) is 1.40. The Morgan fingerprint density at radius 3 is 2.29 bits per heavy atom. The molecule has 0 aliphatic rings. The van der Waals surface area contributed by atoms with Gasteiger partial charge in [0.05, 0.1) is 0 Å². The monoisotopic (exact) mass is 226 g/mol. The van der Waals surface area contributed by atoms with Gasteiger partial charge in [-0.3, -0.25) is 0 Å². The van der Waals surface area contributed by atoms with E-state index in [1.807, 2.05) is 17.5 Å². The first-order valence-corrected chi connectivity index (χ1v) is 2.27. The molecule has 0 spiro atoms. The fourth-order valence-electron chi connectivity index (χ4n) is 0.196. The first-order chi connectivity index (χ1) is 2.50. The van der Waals surface area contributed by atoms with Gasteiger partial charge in [-0.25, -0.2) is 6.07 Å². The Balaban J connectivity index is 0. The maximum atomic E-state index is 2.90. The Labute approximate surface area is 70.5 Å². The van der Waals surface area contributed by atoms with Crippen LogP contribution in [0.3, 0.4) is 0 Å². The van der Waals surface area contributed by atoms with E-state index in [2.05, 4.69) is 5.38 Å². The van der Waals surface area contributed by atoms with E-state index in [-0.39, 0.29) is 36.5 Å². The van der Waals surface area contributed by atoms with Crippen molar-refractivity contribution in [3.63, 3.8) is 0 Å². The molecule has 0 amide bonds. The summed E-state index contributed by atoms with van der Waals surface area (Å²) in [5, 5.41) is 4.89. The number of hydrogen-bond acceptors (Lipinski definition) is 1. The second-order valence-corrected chi connectivity index (χ2v) is 1.47. The van der Waals surface area contributed by atoms with Crippen LogP contribution in [0.2, 0.25) is 0 Å². The summed E-state index contributed by atoms with van der Waals surface area (Å²) in [6.07, 6.45) is 0. The minimum absolute atomic E-state index is 0. The zero-order valence-corrected chi connectivity index (χ0v) is 9.09. The molecular weight excluding hydrogens is 225 g/mol. The number of thiophene rings is 1. The average molecular weight is 228 g/mol. The molecule has 0 aromatic carbocycles. The topological polar surface area (TPSA) is 0 Å². The predicted molar refractivity (Wildman–Crippen MR) is 23.2 cm³/mol. The summed E-state index contributed by atoms with van der Waals surface area (Å²) in [6.45, 7) is 0. The van der Waals surface area contributed by atoms with Crippen molar-refractivity contribution in [3.8, 4) is 0 Å². The molecule has 0 nitrogen and oxygen atoms in total. The van der Waals surface area contributed by atoms with Crippen LogP contribution in [0.1, 0.15) is 0 Å². The smallest absolute Gasteiger partial charge is 1.00 e. The van der Waals surface area contributed by atoms with Crippen molar-refractivity contribution in [1.29, 1.82) is 0 Å². The van der Waals surface area contributed by atoms with Crippen molar-refractivity contribution < 1.29 is 36.5 Å². The maximum absolute atomic E-state index is 2.90. The number of hydrogen-bond donors (Lipinski definition) is 0. The second kappa shape index (κ2) is 6.80. The third-order valence-electron chi connectivity index (χ3n) is 0.379. The van der Waals surface area contributed by atoms with E-state index in [0.29, 0.717) is 0 Å². The number of halogens is 1. The molecule has 0 bridgehead atoms. The van der Waals surface area contributed by atoms with Crippen LogP contribution in [0.25, 0.3) is 0 Å². The molecule has 0 radical (unpaired) electrons. The maximum Gasteiger partial charge on any atom is 2.00 e. The first kappa shape index (κ1) is 10.7. The Kier molecular flexibility index (Phi) is 10.4. The van der Waals surface area contributed by atoms with Gasteiger partial charge in [0.2, 0.25) is 0 Å². The van der Waals surface area contributed by atoms with Crippen LogP contribution in [-0.2, 0) is 19.5 Å². The zero-order chi connectivity index (χ0) is 3.54. The molecule has 3 heteroatoms. The SMILES string of the molecule is [Br-].[Zn+2].[c-]1cccs1. The van der Waals surface area contributed by atoms with Crippen molar-refractivity contribution in [1.82, 2.24) is 0 Å². The van der Waals surface area contributed by atoms with Gasteiger partial charge in [0.1, 0.15) is 0 Å². The Morgan fingerprint density at radius 1 is 1.43 bits per heavy atom. The van der Waals surface area contributed by atoms with Crippen LogP contribution in [-0.4, -0.2) is 0 Å². The van der Waals surface area contributed by atoms with E-state index in [1.165, 1.54) is 0 Å². The Morgan fingerprint density at radius 2 is 2.14 bits per heavy atom. The summed E-state index contributed by atoms with van der Waals surface area (Å²) in [4.78, 5) is 0. The third kappa shape index (κ3) is 4.66. The van der Waals surface area contributed by atoms with Crippen LogP contribution in [0.5, 0.6) is 0 Å². The molecule has 1 aromatic rings. The van der Waals surface area contributed by atoms with Crippen LogP contribution >= 0.6 is 11.3 Å². The van der Waals surface area contributed by atoms with Crippen molar-refractivity contribution in [3.05, 3.63) is 22.9 Å². The van der Waals surface area contributed by atoms with Crippen LogP contribution in [0, 0.1) is 5.38 Å². The molecule has 0 fully saturated rings. The standard InChI is InChI=1S/C4H3S.BrH.Zn/c1-2-4-5-3-1;;/h1-3H;1H;/q-1;;+2/p-1. The average Bonchev–Trinajstić information content (AvgIpc) is 1.76. The minimum Gasteiger partial charge on any atom is -1.00 e. The van der Waals surface area contributed by atoms with Crippen molar-refractivity contribution in [2.75, 3.05) is 0 Å². The molecule has 0 aliphatic carbocycles. The van der Waals surface area contributed by atoms with Crippen LogP contribution in [0.4, 0.5) is 0 Å². The molecule has 1 aromatic heterocycles. The Bertz CT molecular complexity index is 68.2. The molecule has 34 valence electrons. The summed E-state index contributed by atoms with van der Waals surface area (Å²) in [5.41, 5.74) is 0. The molecule has 0 unspecified atom stereocenters. The van der Waals surface area contributed by atoms with Gasteiger partial charge in [0.15, 0.2) is 0 Å². The van der Waals surface area contributed by atoms with E-state index in [9.17, 15) is 0 Å². The van der Waals surface area contributed by atoms with Gasteiger partial charge in [0, 0.05) is 0 Å². The predicted octanol–water partition coefficient (Wildman–Crippen LogP) is -1.45. The molecule has 7 heavy (non-hydrogen) atoms. The fourth-order valence-corrected chi connectivity index (χ4v) is 0.589. The fraction of sp³-hybridized carbons (Fsp3) is 0. The van der Waals surface area contributed by atoms with Gasteiger partial charge in [-0.15, -0.1) is 5.38 Å². The van der Waals surface area contributed by atoms with E-state index < -0.39 is 0 Å². The van der Waals surface area contributed by atoms with E-state index >= 15 is 0 Å². The van der Waals surface area contributed by atoms with Crippen molar-refractivity contribution >= 4 is 11.3 Å². The van der Waals surface area contributed by atoms with Gasteiger partial charge in [0.25, 0.3) is 0 Å². The molecule has 0 atom stereocenters. The summed E-state index contributed by atoms with van der Waals surface area (Å²) in [6, 6.07) is 3.86. The van der Waals surface area contributed by atoms with Gasteiger partial charge in [-0.2, -0.15) is 11.4 Å². The second-order valence-electron chi connectivity index (χ2n) is 0.731. The molecule has 0 N–H and O–H groups in total. The molecule has 0 saturated carbocycles. The van der Waals surface area contributed by atoms with Crippen LogP contribution in [0.15, 0.2) is 17.5 Å². The number of rotatable bonds is 0. The zero-order valence-electron chi connectivity index (χ0n) is 3.73. The minimum atomic E-state index is 0. The summed E-state index contributed by atoms with van der Waals surface area (Å²) in [7, 11) is 0. The van der Waals surface area contributed by atoms with E-state index in [1.54, 1.807) is 11.3 Å². The van der Waals surface area contributed by atoms with Gasteiger partial charge in [-0.05, 0) is 0 Å². The summed E-state index contributed by atoms with van der Waals surface area (Å²) < 4.78 is 0. The van der Waals surface area contributed by atoms with E-state index in [4.69, 9.17) is 0 Å². The normalized spacial score (nSPS) is 5.71. The molecule has 1 heterocycles. The van der Waals surface area contributed by atoms with Crippen LogP contribution < -0.4 is 17.0 Å². The molecule has 1 rings (SSSR count). The van der Waals surface area contributed by atoms with Gasteiger partial charge in [-0.1, -0.05) is 0 Å². The van der Waals surface area contributed by atoms with Gasteiger partial charge < -0.3 is 28.3 Å². The van der Waals surface area contributed by atoms with E-state index in [0.717, 1.165) is 0 Å². The van der Waals surface area contributed by atoms with Gasteiger partial charge >= 0.3 is 19.5 Å². The molecular formula is C4H3BrSZn. The van der Waals surface area contributed by atoms with Crippen molar-refractivity contribution in [2.45, 2.75) is 0 Å².